The lowest BCUT2D eigenvalue weighted by molar-refractivity contribution is 0.182. The number of phenols is 1. The summed E-state index contributed by atoms with van der Waals surface area (Å²) < 4.78 is 4.82. The first-order chi connectivity index (χ1) is 4.84. The highest BCUT2D eigenvalue weighted by atomic mass is 16.5. The Morgan fingerprint density at radius 1 is 1.70 bits per heavy atom. The summed E-state index contributed by atoms with van der Waals surface area (Å²) in [5, 5.41) is 9.13. The maximum Gasteiger partial charge on any atom is 0.121 e. The quantitative estimate of drug-likeness (QED) is 0.666. The number of rotatable bonds is 2. The first-order valence-electron chi connectivity index (χ1n) is 3.02. The van der Waals surface area contributed by atoms with Crippen LogP contribution in [0.1, 0.15) is 5.56 Å². The van der Waals surface area contributed by atoms with E-state index in [1.807, 2.05) is 0 Å². The lowest BCUT2D eigenvalue weighted by atomic mass is 10.2. The second kappa shape index (κ2) is 3.22. The summed E-state index contributed by atoms with van der Waals surface area (Å²) in [5.74, 6) is 0.240. The molecule has 1 radical (unpaired) electrons. The Hall–Kier alpha value is -1.02. The fraction of sp³-hybridized carbons (Fsp3) is 0.250. The van der Waals surface area contributed by atoms with Gasteiger partial charge in [-0.05, 0) is 12.1 Å². The number of hydrogen-bond acceptors (Lipinski definition) is 2. The van der Waals surface area contributed by atoms with Gasteiger partial charge in [-0.15, -0.1) is 0 Å². The third-order valence-corrected chi connectivity index (χ3v) is 1.21. The van der Waals surface area contributed by atoms with Gasteiger partial charge >= 0.3 is 0 Å². The maximum absolute atomic E-state index is 9.13. The average molecular weight is 137 g/mol. The van der Waals surface area contributed by atoms with Crippen molar-refractivity contribution in [2.24, 2.45) is 0 Å². The van der Waals surface area contributed by atoms with Crippen molar-refractivity contribution < 1.29 is 9.84 Å². The number of hydrogen-bond donors (Lipinski definition) is 1. The molecule has 1 rings (SSSR count). The molecule has 1 aromatic carbocycles. The van der Waals surface area contributed by atoms with Gasteiger partial charge < -0.3 is 9.84 Å². The van der Waals surface area contributed by atoms with E-state index >= 15 is 0 Å². The van der Waals surface area contributed by atoms with Crippen molar-refractivity contribution in [1.82, 2.24) is 0 Å². The lowest BCUT2D eigenvalue weighted by Crippen LogP contribution is -1.86. The molecule has 0 aliphatic heterocycles. The second-order valence-electron chi connectivity index (χ2n) is 1.97. The van der Waals surface area contributed by atoms with Gasteiger partial charge in [0.1, 0.15) is 5.75 Å². The molecule has 0 saturated carbocycles. The van der Waals surface area contributed by atoms with Gasteiger partial charge in [0.15, 0.2) is 0 Å². The molecule has 0 bridgehead atoms. The molecule has 2 nitrogen and oxygen atoms in total. The highest BCUT2D eigenvalue weighted by molar-refractivity contribution is 5.29. The van der Waals surface area contributed by atoms with E-state index in [2.05, 4.69) is 6.07 Å². The molecule has 1 aromatic rings. The van der Waals surface area contributed by atoms with Crippen LogP contribution in [0.4, 0.5) is 0 Å². The zero-order valence-electron chi connectivity index (χ0n) is 5.79. The lowest BCUT2D eigenvalue weighted by Gasteiger charge is -1.99. The summed E-state index contributed by atoms with van der Waals surface area (Å²) in [4.78, 5) is 0. The molecule has 0 heterocycles. The number of aromatic hydroxyl groups is 1. The first-order valence-corrected chi connectivity index (χ1v) is 3.02. The Morgan fingerprint density at radius 2 is 2.50 bits per heavy atom. The third kappa shape index (κ3) is 1.48. The normalized spacial score (nSPS) is 9.70. The molecule has 0 amide bonds. The zero-order chi connectivity index (χ0) is 7.40. The Kier molecular flexibility index (Phi) is 2.29. The predicted octanol–water partition coefficient (Wildman–Crippen LogP) is 1.34. The minimum atomic E-state index is 0.240. The molecule has 0 aliphatic carbocycles. The van der Waals surface area contributed by atoms with Crippen LogP contribution in [0.3, 0.4) is 0 Å². The third-order valence-electron chi connectivity index (χ3n) is 1.21. The van der Waals surface area contributed by atoms with Crippen molar-refractivity contribution in [2.45, 2.75) is 6.61 Å². The molecule has 0 aromatic heterocycles. The van der Waals surface area contributed by atoms with Gasteiger partial charge in [-0.1, -0.05) is 12.1 Å². The van der Waals surface area contributed by atoms with Crippen LogP contribution in [-0.2, 0) is 11.3 Å². The largest absolute Gasteiger partial charge is 0.508 e. The summed E-state index contributed by atoms with van der Waals surface area (Å²) in [6.07, 6.45) is 0. The summed E-state index contributed by atoms with van der Waals surface area (Å²) >= 11 is 0. The molecular formula is C8H9O2. The van der Waals surface area contributed by atoms with Crippen LogP contribution >= 0.6 is 0 Å². The molecule has 0 aliphatic rings. The Balaban J connectivity index is 2.81. The number of methoxy groups -OCH3 is 1. The minimum Gasteiger partial charge on any atom is -0.508 e. The van der Waals surface area contributed by atoms with Crippen molar-refractivity contribution in [3.05, 3.63) is 29.8 Å². The van der Waals surface area contributed by atoms with Crippen LogP contribution in [0.15, 0.2) is 18.2 Å². The molecule has 1 N–H and O–H groups in total. The van der Waals surface area contributed by atoms with E-state index in [4.69, 9.17) is 9.84 Å². The van der Waals surface area contributed by atoms with Crippen LogP contribution in [0.25, 0.3) is 0 Å². The molecule has 0 fully saturated rings. The summed E-state index contributed by atoms with van der Waals surface area (Å²) in [6, 6.07) is 7.95. The van der Waals surface area contributed by atoms with Gasteiger partial charge in [-0.2, -0.15) is 0 Å². The van der Waals surface area contributed by atoms with Gasteiger partial charge in [0.05, 0.1) is 6.61 Å². The fourth-order valence-corrected chi connectivity index (χ4v) is 0.722. The summed E-state index contributed by atoms with van der Waals surface area (Å²) in [6.45, 7) is 0.409. The second-order valence-corrected chi connectivity index (χ2v) is 1.97. The van der Waals surface area contributed by atoms with Crippen molar-refractivity contribution >= 4 is 0 Å². The van der Waals surface area contributed by atoms with Gasteiger partial charge in [0, 0.05) is 12.7 Å². The minimum absolute atomic E-state index is 0.240. The Labute approximate surface area is 60.1 Å². The van der Waals surface area contributed by atoms with Gasteiger partial charge in [-0.3, -0.25) is 0 Å². The highest BCUT2D eigenvalue weighted by Crippen LogP contribution is 2.14. The molecule has 53 valence electrons. The first kappa shape index (κ1) is 7.09. The molecule has 0 spiro atoms. The van der Waals surface area contributed by atoms with Crippen molar-refractivity contribution in [3.8, 4) is 5.75 Å². The van der Waals surface area contributed by atoms with E-state index in [0.717, 1.165) is 0 Å². The fourth-order valence-electron chi connectivity index (χ4n) is 0.722. The molecule has 0 saturated heterocycles. The van der Waals surface area contributed by atoms with E-state index < -0.39 is 0 Å². The molecule has 10 heavy (non-hydrogen) atoms. The van der Waals surface area contributed by atoms with Crippen LogP contribution in [0, 0.1) is 6.07 Å². The van der Waals surface area contributed by atoms with E-state index in [-0.39, 0.29) is 5.75 Å². The topological polar surface area (TPSA) is 29.5 Å². The van der Waals surface area contributed by atoms with Crippen molar-refractivity contribution in [1.29, 1.82) is 0 Å². The summed E-state index contributed by atoms with van der Waals surface area (Å²) in [5.41, 5.74) is 0.699. The van der Waals surface area contributed by atoms with Crippen LogP contribution in [-0.4, -0.2) is 12.2 Å². The Bertz CT molecular complexity index is 208. The average Bonchev–Trinajstić information content (AvgIpc) is 1.94. The number of ether oxygens (including phenoxy) is 1. The summed E-state index contributed by atoms with van der Waals surface area (Å²) in [7, 11) is 1.58. The predicted molar refractivity (Wildman–Crippen MR) is 37.7 cm³/mol. The van der Waals surface area contributed by atoms with Crippen LogP contribution < -0.4 is 0 Å². The van der Waals surface area contributed by atoms with Crippen molar-refractivity contribution in [2.75, 3.05) is 7.11 Å². The van der Waals surface area contributed by atoms with Gasteiger partial charge in [0.2, 0.25) is 0 Å². The van der Waals surface area contributed by atoms with E-state index in [1.165, 1.54) is 0 Å². The zero-order valence-corrected chi connectivity index (χ0v) is 5.79. The number of benzene rings is 1. The standard InChI is InChI=1S/C8H9O2/c1-10-6-7-4-2-3-5-8(7)9/h2-3,5,9H,6H2,1H3. The molecule has 0 unspecified atom stereocenters. The Morgan fingerprint density at radius 3 is 3.10 bits per heavy atom. The maximum atomic E-state index is 9.13. The van der Waals surface area contributed by atoms with Gasteiger partial charge in [0.25, 0.3) is 0 Å². The molecular weight excluding hydrogens is 128 g/mol. The molecule has 0 atom stereocenters. The van der Waals surface area contributed by atoms with E-state index in [9.17, 15) is 0 Å². The van der Waals surface area contributed by atoms with E-state index in [0.29, 0.717) is 12.2 Å². The van der Waals surface area contributed by atoms with Gasteiger partial charge in [-0.25, -0.2) is 0 Å². The molecule has 2 heteroatoms. The van der Waals surface area contributed by atoms with Crippen molar-refractivity contribution in [3.63, 3.8) is 0 Å². The highest BCUT2D eigenvalue weighted by Gasteiger charge is 1.96. The van der Waals surface area contributed by atoms with Crippen LogP contribution in [0.2, 0.25) is 0 Å². The number of phenolic OH excluding ortho intramolecular Hbond substituents is 1. The monoisotopic (exact) mass is 137 g/mol. The van der Waals surface area contributed by atoms with E-state index in [1.54, 1.807) is 25.3 Å². The smallest absolute Gasteiger partial charge is 0.121 e. The SMILES string of the molecule is COCc1[c]cccc1O. The van der Waals surface area contributed by atoms with Crippen LogP contribution in [0.5, 0.6) is 5.75 Å².